The molecule has 23 heavy (non-hydrogen) atoms. The average Bonchev–Trinajstić information content (AvgIpc) is 3.09. The normalized spacial score (nSPS) is 11.0. The third-order valence-electron chi connectivity index (χ3n) is 3.77. The van der Waals surface area contributed by atoms with Crippen LogP contribution in [0.25, 0.3) is 0 Å². The Morgan fingerprint density at radius 3 is 2.43 bits per heavy atom. The quantitative estimate of drug-likeness (QED) is 0.649. The number of nitrogens with zero attached hydrogens (tertiary/aromatic N) is 3. The van der Waals surface area contributed by atoms with Gasteiger partial charge in [0.2, 0.25) is 0 Å². The first kappa shape index (κ1) is 15.8. The van der Waals surface area contributed by atoms with Crippen LogP contribution in [-0.4, -0.2) is 14.9 Å². The first-order valence-corrected chi connectivity index (χ1v) is 8.80. The van der Waals surface area contributed by atoms with Crippen LogP contribution in [0.2, 0.25) is 0 Å². The van der Waals surface area contributed by atoms with E-state index in [4.69, 9.17) is 0 Å². The minimum atomic E-state index is 0.832. The number of pyridine rings is 1. The molecule has 3 nitrogen and oxygen atoms in total. The van der Waals surface area contributed by atoms with Crippen LogP contribution in [0, 0.1) is 0 Å². The minimum absolute atomic E-state index is 0.832. The first-order valence-electron chi connectivity index (χ1n) is 7.92. The second-order valence-electron chi connectivity index (χ2n) is 5.57. The fourth-order valence-electron chi connectivity index (χ4n) is 2.52. The average molecular weight is 323 g/mol. The predicted molar refractivity (Wildman–Crippen MR) is 95.1 cm³/mol. The van der Waals surface area contributed by atoms with Crippen molar-refractivity contribution in [1.29, 1.82) is 0 Å². The summed E-state index contributed by atoms with van der Waals surface area (Å²) < 4.78 is 0. The Labute approximate surface area is 141 Å². The summed E-state index contributed by atoms with van der Waals surface area (Å²) in [6.07, 6.45) is 4.88. The molecule has 0 aliphatic rings. The molecule has 0 bridgehead atoms. The van der Waals surface area contributed by atoms with Crippen LogP contribution in [0.4, 0.5) is 0 Å². The SMILES string of the molecule is CCc1ccc(CN(Cc2ccccc2)Cc2nccs2)nc1. The van der Waals surface area contributed by atoms with Crippen LogP contribution >= 0.6 is 11.3 Å². The van der Waals surface area contributed by atoms with Gasteiger partial charge < -0.3 is 0 Å². The Balaban J connectivity index is 1.73. The molecule has 0 unspecified atom stereocenters. The van der Waals surface area contributed by atoms with Crippen molar-refractivity contribution in [2.45, 2.75) is 33.0 Å². The summed E-state index contributed by atoms with van der Waals surface area (Å²) in [7, 11) is 0. The molecule has 0 saturated heterocycles. The van der Waals surface area contributed by atoms with Gasteiger partial charge in [-0.15, -0.1) is 11.3 Å². The number of benzene rings is 1. The van der Waals surface area contributed by atoms with Gasteiger partial charge in [0.1, 0.15) is 5.01 Å². The van der Waals surface area contributed by atoms with Crippen molar-refractivity contribution in [3.05, 3.63) is 82.1 Å². The van der Waals surface area contributed by atoms with Crippen molar-refractivity contribution in [3.63, 3.8) is 0 Å². The Morgan fingerprint density at radius 1 is 0.913 bits per heavy atom. The van der Waals surface area contributed by atoms with Crippen molar-refractivity contribution in [2.24, 2.45) is 0 Å². The molecule has 3 rings (SSSR count). The molecule has 0 amide bonds. The van der Waals surface area contributed by atoms with E-state index in [9.17, 15) is 0 Å². The van der Waals surface area contributed by atoms with Gasteiger partial charge in [-0.05, 0) is 23.6 Å². The van der Waals surface area contributed by atoms with Crippen LogP contribution in [0.5, 0.6) is 0 Å². The first-order chi connectivity index (χ1) is 11.3. The molecule has 118 valence electrons. The minimum Gasteiger partial charge on any atom is -0.287 e. The standard InChI is InChI=1S/C19H21N3S/c1-2-16-8-9-18(21-12-16)14-22(15-19-20-10-11-23-19)13-17-6-4-3-5-7-17/h3-12H,2,13-15H2,1H3. The molecule has 0 atom stereocenters. The van der Waals surface area contributed by atoms with E-state index in [1.54, 1.807) is 11.3 Å². The highest BCUT2D eigenvalue weighted by atomic mass is 32.1. The zero-order valence-corrected chi connectivity index (χ0v) is 14.2. The van der Waals surface area contributed by atoms with Crippen molar-refractivity contribution in [2.75, 3.05) is 0 Å². The zero-order valence-electron chi connectivity index (χ0n) is 13.4. The molecule has 0 aliphatic carbocycles. The van der Waals surface area contributed by atoms with Gasteiger partial charge in [0.25, 0.3) is 0 Å². The van der Waals surface area contributed by atoms with Crippen molar-refractivity contribution < 1.29 is 0 Å². The second-order valence-corrected chi connectivity index (χ2v) is 6.55. The molecule has 0 spiro atoms. The van der Waals surface area contributed by atoms with Gasteiger partial charge in [-0.1, -0.05) is 43.3 Å². The molecule has 2 heterocycles. The van der Waals surface area contributed by atoms with Gasteiger partial charge in [-0.2, -0.15) is 0 Å². The smallest absolute Gasteiger partial charge is 0.107 e. The molecule has 3 aromatic rings. The molecule has 4 heteroatoms. The maximum absolute atomic E-state index is 4.60. The van der Waals surface area contributed by atoms with E-state index in [0.717, 1.165) is 36.8 Å². The number of rotatable bonds is 7. The van der Waals surface area contributed by atoms with Gasteiger partial charge in [-0.25, -0.2) is 4.98 Å². The number of aryl methyl sites for hydroxylation is 1. The Kier molecular flexibility index (Phi) is 5.51. The molecular weight excluding hydrogens is 302 g/mol. The topological polar surface area (TPSA) is 29.0 Å². The Bertz CT molecular complexity index is 693. The van der Waals surface area contributed by atoms with Crippen LogP contribution in [0.3, 0.4) is 0 Å². The molecule has 0 N–H and O–H groups in total. The van der Waals surface area contributed by atoms with Gasteiger partial charge in [0, 0.05) is 30.9 Å². The molecule has 1 aromatic carbocycles. The highest BCUT2D eigenvalue weighted by Crippen LogP contribution is 2.15. The van der Waals surface area contributed by atoms with E-state index in [0.29, 0.717) is 0 Å². The highest BCUT2D eigenvalue weighted by molar-refractivity contribution is 7.09. The lowest BCUT2D eigenvalue weighted by Gasteiger charge is -2.21. The molecule has 0 aliphatic heterocycles. The molecule has 0 saturated carbocycles. The number of thiazole rings is 1. The third-order valence-corrected chi connectivity index (χ3v) is 4.54. The lowest BCUT2D eigenvalue weighted by molar-refractivity contribution is 0.244. The van der Waals surface area contributed by atoms with E-state index in [2.05, 4.69) is 64.3 Å². The summed E-state index contributed by atoms with van der Waals surface area (Å²) >= 11 is 1.71. The summed E-state index contributed by atoms with van der Waals surface area (Å²) in [6, 6.07) is 14.9. The summed E-state index contributed by atoms with van der Waals surface area (Å²) in [5.74, 6) is 0. The Morgan fingerprint density at radius 2 is 1.78 bits per heavy atom. The molecule has 2 aromatic heterocycles. The monoisotopic (exact) mass is 323 g/mol. The summed E-state index contributed by atoms with van der Waals surface area (Å²) in [4.78, 5) is 11.4. The largest absolute Gasteiger partial charge is 0.287 e. The van der Waals surface area contributed by atoms with Crippen molar-refractivity contribution in [1.82, 2.24) is 14.9 Å². The van der Waals surface area contributed by atoms with Crippen molar-refractivity contribution in [3.8, 4) is 0 Å². The second kappa shape index (κ2) is 7.99. The van der Waals surface area contributed by atoms with E-state index < -0.39 is 0 Å². The lowest BCUT2D eigenvalue weighted by atomic mass is 10.2. The maximum Gasteiger partial charge on any atom is 0.107 e. The van der Waals surface area contributed by atoms with Crippen LogP contribution in [0.1, 0.15) is 28.8 Å². The number of aromatic nitrogens is 2. The zero-order chi connectivity index (χ0) is 15.9. The van der Waals surface area contributed by atoms with Gasteiger partial charge in [0.15, 0.2) is 0 Å². The van der Waals surface area contributed by atoms with Crippen LogP contribution in [-0.2, 0) is 26.1 Å². The lowest BCUT2D eigenvalue weighted by Crippen LogP contribution is -2.22. The van der Waals surface area contributed by atoms with E-state index in [-0.39, 0.29) is 0 Å². The molecule has 0 fully saturated rings. The molecular formula is C19H21N3S. The van der Waals surface area contributed by atoms with Gasteiger partial charge in [-0.3, -0.25) is 9.88 Å². The van der Waals surface area contributed by atoms with Gasteiger partial charge in [0.05, 0.1) is 12.2 Å². The molecule has 0 radical (unpaired) electrons. The Hall–Kier alpha value is -2.04. The maximum atomic E-state index is 4.60. The summed E-state index contributed by atoms with van der Waals surface area (Å²) in [6.45, 7) is 4.74. The van der Waals surface area contributed by atoms with Crippen LogP contribution < -0.4 is 0 Å². The third kappa shape index (κ3) is 4.71. The van der Waals surface area contributed by atoms with Gasteiger partial charge >= 0.3 is 0 Å². The highest BCUT2D eigenvalue weighted by Gasteiger charge is 2.10. The van der Waals surface area contributed by atoms with E-state index in [1.807, 2.05) is 17.8 Å². The van der Waals surface area contributed by atoms with E-state index in [1.165, 1.54) is 11.1 Å². The summed E-state index contributed by atoms with van der Waals surface area (Å²) in [5, 5.41) is 3.18. The van der Waals surface area contributed by atoms with Crippen molar-refractivity contribution >= 4 is 11.3 Å². The fourth-order valence-corrected chi connectivity index (χ4v) is 3.18. The van der Waals surface area contributed by atoms with Crippen LogP contribution in [0.15, 0.2) is 60.2 Å². The fraction of sp³-hybridized carbons (Fsp3) is 0.263. The number of hydrogen-bond donors (Lipinski definition) is 0. The summed E-state index contributed by atoms with van der Waals surface area (Å²) in [5.41, 5.74) is 3.70. The predicted octanol–water partition coefficient (Wildman–Crippen LogP) is 4.30. The number of hydrogen-bond acceptors (Lipinski definition) is 4. The van der Waals surface area contributed by atoms with E-state index >= 15 is 0 Å².